The predicted octanol–water partition coefficient (Wildman–Crippen LogP) is 4.03. The van der Waals surface area contributed by atoms with Gasteiger partial charge in [-0.1, -0.05) is 36.4 Å². The van der Waals surface area contributed by atoms with Crippen LogP contribution in [0.4, 0.5) is 0 Å². The van der Waals surface area contributed by atoms with E-state index in [1.165, 1.54) is 6.92 Å². The number of fused-ring (bicyclic) bond motifs is 1. The van der Waals surface area contributed by atoms with Crippen molar-refractivity contribution in [3.05, 3.63) is 72.6 Å². The number of piperidine rings is 1. The lowest BCUT2D eigenvalue weighted by molar-refractivity contribution is -0.119. The predicted molar refractivity (Wildman–Crippen MR) is 128 cm³/mol. The average molecular weight is 440 g/mol. The van der Waals surface area contributed by atoms with Crippen molar-refractivity contribution < 1.29 is 9.59 Å². The van der Waals surface area contributed by atoms with Gasteiger partial charge in [0.05, 0.1) is 5.69 Å². The molecule has 0 saturated carbocycles. The number of pyridine rings is 2. The number of carbonyl (C=O) groups is 2. The maximum Gasteiger partial charge on any atom is 0.272 e. The molecule has 2 N–H and O–H groups in total. The third kappa shape index (κ3) is 4.48. The first kappa shape index (κ1) is 20.9. The van der Waals surface area contributed by atoms with Crippen LogP contribution in [0, 0.1) is 0 Å². The average Bonchev–Trinajstić information content (AvgIpc) is 3.28. The summed E-state index contributed by atoms with van der Waals surface area (Å²) in [7, 11) is 0. The molecule has 2 amide bonds. The number of likely N-dealkylation sites (tertiary alicyclic amines) is 1. The Morgan fingerprint density at radius 3 is 2.55 bits per heavy atom. The third-order valence-electron chi connectivity index (χ3n) is 6.01. The van der Waals surface area contributed by atoms with Crippen LogP contribution < -0.4 is 5.32 Å². The number of H-pyrrole nitrogens is 1. The normalized spacial score (nSPS) is 14.4. The summed E-state index contributed by atoms with van der Waals surface area (Å²) in [6, 6.07) is 19.9. The van der Waals surface area contributed by atoms with Crippen LogP contribution in [0.25, 0.3) is 33.5 Å². The maximum atomic E-state index is 13.0. The van der Waals surface area contributed by atoms with Gasteiger partial charge >= 0.3 is 0 Å². The number of hydrogen-bond acceptors (Lipinski definition) is 4. The molecule has 0 atom stereocenters. The highest BCUT2D eigenvalue weighted by atomic mass is 16.2. The maximum absolute atomic E-state index is 13.0. The molecule has 166 valence electrons. The lowest BCUT2D eigenvalue weighted by Crippen LogP contribution is -2.46. The van der Waals surface area contributed by atoms with Gasteiger partial charge in [-0.3, -0.25) is 9.59 Å². The fourth-order valence-corrected chi connectivity index (χ4v) is 4.32. The van der Waals surface area contributed by atoms with Crippen LogP contribution in [0.15, 0.2) is 66.9 Å². The van der Waals surface area contributed by atoms with E-state index in [2.05, 4.69) is 38.5 Å². The first-order valence-electron chi connectivity index (χ1n) is 11.1. The lowest BCUT2D eigenvalue weighted by Gasteiger charge is -2.32. The van der Waals surface area contributed by atoms with Crippen LogP contribution in [0.2, 0.25) is 0 Å². The Morgan fingerprint density at radius 2 is 1.79 bits per heavy atom. The molecule has 1 aliphatic heterocycles. The van der Waals surface area contributed by atoms with Crippen molar-refractivity contribution >= 4 is 22.8 Å². The smallest absolute Gasteiger partial charge is 0.272 e. The fourth-order valence-electron chi connectivity index (χ4n) is 4.32. The monoisotopic (exact) mass is 439 g/mol. The number of carbonyl (C=O) groups excluding carboxylic acids is 2. The van der Waals surface area contributed by atoms with Gasteiger partial charge in [0.1, 0.15) is 11.3 Å². The number of aromatic nitrogens is 3. The van der Waals surface area contributed by atoms with Gasteiger partial charge in [-0.05, 0) is 42.7 Å². The van der Waals surface area contributed by atoms with Gasteiger partial charge in [-0.2, -0.15) is 0 Å². The summed E-state index contributed by atoms with van der Waals surface area (Å²) in [4.78, 5) is 38.7. The molecule has 1 saturated heterocycles. The molecule has 1 aliphatic rings. The van der Waals surface area contributed by atoms with Gasteiger partial charge in [0.2, 0.25) is 5.91 Å². The first-order valence-corrected chi connectivity index (χ1v) is 11.1. The van der Waals surface area contributed by atoms with Crippen molar-refractivity contribution in [3.63, 3.8) is 0 Å². The molecule has 0 unspecified atom stereocenters. The topological polar surface area (TPSA) is 91.0 Å². The molecule has 0 radical (unpaired) electrons. The number of aromatic amines is 1. The number of amides is 2. The zero-order valence-electron chi connectivity index (χ0n) is 18.4. The second-order valence-corrected chi connectivity index (χ2v) is 8.39. The molecule has 0 bridgehead atoms. The SMILES string of the molecule is CC(=O)NC1CCN(C(=O)c2cccc(-c3cnc4[nH]c(-c5ccccc5)cc4c3)n2)CC1. The Bertz CT molecular complexity index is 1310. The highest BCUT2D eigenvalue weighted by Gasteiger charge is 2.25. The Hall–Kier alpha value is -4.00. The Labute approximate surface area is 191 Å². The summed E-state index contributed by atoms with van der Waals surface area (Å²) in [6.45, 7) is 2.73. The molecule has 5 rings (SSSR count). The zero-order chi connectivity index (χ0) is 22.8. The van der Waals surface area contributed by atoms with Crippen LogP contribution in [-0.4, -0.2) is 50.8 Å². The van der Waals surface area contributed by atoms with Gasteiger partial charge < -0.3 is 15.2 Å². The van der Waals surface area contributed by atoms with Crippen molar-refractivity contribution in [2.24, 2.45) is 0 Å². The van der Waals surface area contributed by atoms with Crippen LogP contribution in [0.3, 0.4) is 0 Å². The van der Waals surface area contributed by atoms with E-state index in [9.17, 15) is 9.59 Å². The fraction of sp³-hybridized carbons (Fsp3) is 0.231. The number of nitrogens with zero attached hydrogens (tertiary/aromatic N) is 3. The van der Waals surface area contributed by atoms with E-state index in [0.29, 0.717) is 24.5 Å². The molecule has 33 heavy (non-hydrogen) atoms. The van der Waals surface area contributed by atoms with E-state index in [4.69, 9.17) is 0 Å². The van der Waals surface area contributed by atoms with E-state index in [1.54, 1.807) is 12.3 Å². The molecule has 0 aliphatic carbocycles. The Balaban J connectivity index is 1.35. The summed E-state index contributed by atoms with van der Waals surface area (Å²) in [5.41, 5.74) is 4.92. The van der Waals surface area contributed by atoms with Crippen LogP contribution in [-0.2, 0) is 4.79 Å². The minimum Gasteiger partial charge on any atom is -0.353 e. The first-order chi connectivity index (χ1) is 16.1. The second kappa shape index (κ2) is 8.86. The molecule has 4 heterocycles. The molecular formula is C26H25N5O2. The van der Waals surface area contributed by atoms with Crippen molar-refractivity contribution in [2.45, 2.75) is 25.8 Å². The number of rotatable bonds is 4. The van der Waals surface area contributed by atoms with Crippen molar-refractivity contribution in [3.8, 4) is 22.5 Å². The molecule has 4 aromatic rings. The van der Waals surface area contributed by atoms with Gasteiger partial charge in [0, 0.05) is 48.9 Å². The van der Waals surface area contributed by atoms with Crippen LogP contribution in [0.5, 0.6) is 0 Å². The Morgan fingerprint density at radius 1 is 1.00 bits per heavy atom. The molecule has 7 heteroatoms. The van der Waals surface area contributed by atoms with Gasteiger partial charge in [-0.25, -0.2) is 9.97 Å². The molecule has 3 aromatic heterocycles. The number of benzene rings is 1. The van der Waals surface area contributed by atoms with Crippen LogP contribution in [0.1, 0.15) is 30.3 Å². The summed E-state index contributed by atoms with van der Waals surface area (Å²) in [6.07, 6.45) is 3.29. The van der Waals surface area contributed by atoms with Crippen molar-refractivity contribution in [1.29, 1.82) is 0 Å². The molecule has 1 aromatic carbocycles. The summed E-state index contributed by atoms with van der Waals surface area (Å²) in [5, 5.41) is 3.93. The van der Waals surface area contributed by atoms with E-state index < -0.39 is 0 Å². The molecule has 0 spiro atoms. The summed E-state index contributed by atoms with van der Waals surface area (Å²) >= 11 is 0. The lowest BCUT2D eigenvalue weighted by atomic mass is 10.0. The third-order valence-corrected chi connectivity index (χ3v) is 6.01. The van der Waals surface area contributed by atoms with E-state index >= 15 is 0 Å². The summed E-state index contributed by atoms with van der Waals surface area (Å²) in [5.74, 6) is -0.113. The highest BCUT2D eigenvalue weighted by molar-refractivity contribution is 5.93. The van der Waals surface area contributed by atoms with E-state index in [1.807, 2.05) is 41.3 Å². The largest absolute Gasteiger partial charge is 0.353 e. The second-order valence-electron chi connectivity index (χ2n) is 8.39. The van der Waals surface area contributed by atoms with E-state index in [-0.39, 0.29) is 17.9 Å². The Kier molecular flexibility index (Phi) is 5.60. The number of hydrogen-bond donors (Lipinski definition) is 2. The zero-order valence-corrected chi connectivity index (χ0v) is 18.4. The molecule has 7 nitrogen and oxygen atoms in total. The molecule has 1 fully saturated rings. The standard InChI is InChI=1S/C26H25N5O2/c1-17(32)28-21-10-12-31(13-11-21)26(33)23-9-5-8-22(29-23)20-14-19-15-24(30-25(19)27-16-20)18-6-3-2-4-7-18/h2-9,14-16,21H,10-13H2,1H3,(H,27,30)(H,28,32). The van der Waals surface area contributed by atoms with Gasteiger partial charge in [-0.15, -0.1) is 0 Å². The highest BCUT2D eigenvalue weighted by Crippen LogP contribution is 2.26. The van der Waals surface area contributed by atoms with Gasteiger partial charge in [0.25, 0.3) is 5.91 Å². The van der Waals surface area contributed by atoms with Crippen LogP contribution >= 0.6 is 0 Å². The van der Waals surface area contributed by atoms with Crippen molar-refractivity contribution in [1.82, 2.24) is 25.2 Å². The minimum absolute atomic E-state index is 0.0296. The quantitative estimate of drug-likeness (QED) is 0.502. The van der Waals surface area contributed by atoms with E-state index in [0.717, 1.165) is 40.7 Å². The summed E-state index contributed by atoms with van der Waals surface area (Å²) < 4.78 is 0. The van der Waals surface area contributed by atoms with Gasteiger partial charge in [0.15, 0.2) is 0 Å². The van der Waals surface area contributed by atoms with Crippen molar-refractivity contribution in [2.75, 3.05) is 13.1 Å². The minimum atomic E-state index is -0.0832. The molecular weight excluding hydrogens is 414 g/mol. The number of nitrogens with one attached hydrogen (secondary N) is 2.